The molecule has 1 aromatic rings. The fourth-order valence-electron chi connectivity index (χ4n) is 1.04. The predicted molar refractivity (Wildman–Crippen MR) is 64.3 cm³/mol. The lowest BCUT2D eigenvalue weighted by molar-refractivity contribution is 0.201. The van der Waals surface area contributed by atoms with Crippen molar-refractivity contribution >= 4 is 12.6 Å². The Morgan fingerprint density at radius 2 is 1.93 bits per heavy atom. The van der Waals surface area contributed by atoms with Crippen LogP contribution in [-0.2, 0) is 0 Å². The zero-order valence-corrected chi connectivity index (χ0v) is 9.97. The van der Waals surface area contributed by atoms with Crippen molar-refractivity contribution in [1.29, 1.82) is 0 Å². The normalized spacial score (nSPS) is 11.4. The van der Waals surface area contributed by atoms with Crippen molar-refractivity contribution < 1.29 is 4.74 Å². The number of para-hydroxylation sites is 1. The van der Waals surface area contributed by atoms with Gasteiger partial charge >= 0.3 is 0 Å². The first-order valence-electron chi connectivity index (χ1n) is 4.84. The summed E-state index contributed by atoms with van der Waals surface area (Å²) in [6.45, 7) is 7.07. The Balaban J connectivity index is 2.58. The van der Waals surface area contributed by atoms with E-state index in [4.69, 9.17) is 4.74 Å². The number of thiol groups is 1. The molecule has 0 radical (unpaired) electrons. The smallest absolute Gasteiger partial charge is 0.122 e. The third-order valence-corrected chi connectivity index (χ3v) is 3.00. The lowest BCUT2D eigenvalue weighted by Gasteiger charge is -2.22. The Morgan fingerprint density at radius 1 is 1.29 bits per heavy atom. The van der Waals surface area contributed by atoms with Gasteiger partial charge in [0.1, 0.15) is 5.75 Å². The van der Waals surface area contributed by atoms with E-state index in [0.717, 1.165) is 11.5 Å². The first kappa shape index (κ1) is 11.4. The van der Waals surface area contributed by atoms with Crippen LogP contribution in [0.4, 0.5) is 0 Å². The van der Waals surface area contributed by atoms with E-state index in [-0.39, 0.29) is 5.41 Å². The average molecular weight is 210 g/mol. The van der Waals surface area contributed by atoms with E-state index >= 15 is 0 Å². The molecule has 1 rings (SSSR count). The average Bonchev–Trinajstić information content (AvgIpc) is 2.17. The van der Waals surface area contributed by atoms with Gasteiger partial charge in [-0.3, -0.25) is 0 Å². The second-order valence-electron chi connectivity index (χ2n) is 4.38. The van der Waals surface area contributed by atoms with Gasteiger partial charge in [0.15, 0.2) is 0 Å². The van der Waals surface area contributed by atoms with Gasteiger partial charge in [-0.05, 0) is 24.3 Å². The van der Waals surface area contributed by atoms with Gasteiger partial charge in [0.2, 0.25) is 0 Å². The number of ether oxygens (including phenoxy) is 1. The zero-order valence-electron chi connectivity index (χ0n) is 9.08. The highest BCUT2D eigenvalue weighted by molar-refractivity contribution is 7.80. The van der Waals surface area contributed by atoms with Gasteiger partial charge in [-0.1, -0.05) is 32.0 Å². The lowest BCUT2D eigenvalue weighted by atomic mass is 9.98. The molecule has 0 aliphatic rings. The minimum atomic E-state index is 0.130. The summed E-state index contributed by atoms with van der Waals surface area (Å²) in [5.74, 6) is 1.81. The van der Waals surface area contributed by atoms with Crippen molar-refractivity contribution in [3.8, 4) is 5.75 Å². The molecular weight excluding hydrogens is 192 g/mol. The largest absolute Gasteiger partial charge is 0.493 e. The topological polar surface area (TPSA) is 9.23 Å². The molecule has 0 saturated heterocycles. The first-order valence-corrected chi connectivity index (χ1v) is 5.48. The minimum Gasteiger partial charge on any atom is -0.493 e. The quantitative estimate of drug-likeness (QED) is 0.750. The van der Waals surface area contributed by atoms with Crippen LogP contribution < -0.4 is 4.74 Å². The molecular formula is C12H18OS. The van der Waals surface area contributed by atoms with E-state index in [9.17, 15) is 0 Å². The van der Waals surface area contributed by atoms with Gasteiger partial charge in [-0.2, -0.15) is 12.6 Å². The van der Waals surface area contributed by atoms with Crippen LogP contribution in [0.25, 0.3) is 0 Å². The highest BCUT2D eigenvalue weighted by Gasteiger charge is 2.16. The maximum atomic E-state index is 5.74. The maximum Gasteiger partial charge on any atom is 0.122 e. The Morgan fingerprint density at radius 3 is 2.50 bits per heavy atom. The molecule has 0 saturated carbocycles. The van der Waals surface area contributed by atoms with Crippen LogP contribution in [0, 0.1) is 12.3 Å². The molecule has 0 aliphatic carbocycles. The molecule has 0 amide bonds. The molecule has 78 valence electrons. The number of hydrogen-bond acceptors (Lipinski definition) is 2. The molecule has 0 fully saturated rings. The predicted octanol–water partition coefficient (Wildman–Crippen LogP) is 3.33. The van der Waals surface area contributed by atoms with E-state index in [1.165, 1.54) is 5.56 Å². The highest BCUT2D eigenvalue weighted by Crippen LogP contribution is 2.22. The van der Waals surface area contributed by atoms with Crippen molar-refractivity contribution in [3.05, 3.63) is 29.8 Å². The third-order valence-electron chi connectivity index (χ3n) is 2.14. The van der Waals surface area contributed by atoms with Crippen molar-refractivity contribution in [3.63, 3.8) is 0 Å². The Hall–Kier alpha value is -0.630. The number of hydrogen-bond donors (Lipinski definition) is 1. The third kappa shape index (κ3) is 3.26. The maximum absolute atomic E-state index is 5.74. The second-order valence-corrected chi connectivity index (χ2v) is 4.69. The number of benzene rings is 1. The van der Waals surface area contributed by atoms with E-state index in [1.807, 2.05) is 18.2 Å². The molecule has 0 bridgehead atoms. The summed E-state index contributed by atoms with van der Waals surface area (Å²) in [6.07, 6.45) is 0. The van der Waals surface area contributed by atoms with Crippen molar-refractivity contribution in [2.75, 3.05) is 12.4 Å². The van der Waals surface area contributed by atoms with E-state index in [1.54, 1.807) is 0 Å². The summed E-state index contributed by atoms with van der Waals surface area (Å²) in [7, 11) is 0. The monoisotopic (exact) mass is 210 g/mol. The molecule has 2 heteroatoms. The van der Waals surface area contributed by atoms with Crippen LogP contribution >= 0.6 is 12.6 Å². The fourth-order valence-corrected chi connectivity index (χ4v) is 1.13. The van der Waals surface area contributed by atoms with Crippen LogP contribution in [0.1, 0.15) is 19.4 Å². The summed E-state index contributed by atoms with van der Waals surface area (Å²) in [6, 6.07) is 8.08. The van der Waals surface area contributed by atoms with E-state index < -0.39 is 0 Å². The summed E-state index contributed by atoms with van der Waals surface area (Å²) in [5.41, 5.74) is 1.31. The molecule has 1 aromatic carbocycles. The number of rotatable bonds is 4. The molecule has 0 N–H and O–H groups in total. The molecule has 14 heavy (non-hydrogen) atoms. The first-order chi connectivity index (χ1) is 6.55. The lowest BCUT2D eigenvalue weighted by Crippen LogP contribution is -2.23. The van der Waals surface area contributed by atoms with Gasteiger partial charge in [-0.15, -0.1) is 0 Å². The molecule has 0 aromatic heterocycles. The van der Waals surface area contributed by atoms with Gasteiger partial charge in [-0.25, -0.2) is 0 Å². The van der Waals surface area contributed by atoms with E-state index in [0.29, 0.717) is 6.61 Å². The summed E-state index contributed by atoms with van der Waals surface area (Å²) < 4.78 is 5.74. The van der Waals surface area contributed by atoms with Gasteiger partial charge < -0.3 is 4.74 Å². The SMILES string of the molecule is Cc1ccccc1OCC(C)(C)CS. The molecule has 0 spiro atoms. The molecule has 1 nitrogen and oxygen atoms in total. The molecule has 0 heterocycles. The van der Waals surface area contributed by atoms with Crippen LogP contribution in [0.3, 0.4) is 0 Å². The summed E-state index contributed by atoms with van der Waals surface area (Å²) in [4.78, 5) is 0. The Kier molecular flexibility index (Phi) is 3.87. The van der Waals surface area contributed by atoms with Crippen LogP contribution in [0.2, 0.25) is 0 Å². The van der Waals surface area contributed by atoms with Gasteiger partial charge in [0.05, 0.1) is 6.61 Å². The standard InChI is InChI=1S/C12H18OS/c1-10-6-4-5-7-11(10)13-8-12(2,3)9-14/h4-7,14H,8-9H2,1-3H3. The molecule has 0 aliphatic heterocycles. The van der Waals surface area contributed by atoms with Gasteiger partial charge in [0.25, 0.3) is 0 Å². The van der Waals surface area contributed by atoms with Crippen LogP contribution in [0.5, 0.6) is 5.75 Å². The van der Waals surface area contributed by atoms with Crippen molar-refractivity contribution in [2.45, 2.75) is 20.8 Å². The Bertz CT molecular complexity index is 294. The Labute approximate surface area is 91.9 Å². The zero-order chi connectivity index (χ0) is 10.6. The molecule has 0 atom stereocenters. The van der Waals surface area contributed by atoms with E-state index in [2.05, 4.69) is 39.5 Å². The van der Waals surface area contributed by atoms with Crippen LogP contribution in [-0.4, -0.2) is 12.4 Å². The van der Waals surface area contributed by atoms with Crippen molar-refractivity contribution in [1.82, 2.24) is 0 Å². The number of aryl methyl sites for hydroxylation is 1. The van der Waals surface area contributed by atoms with Crippen molar-refractivity contribution in [2.24, 2.45) is 5.41 Å². The highest BCUT2D eigenvalue weighted by atomic mass is 32.1. The van der Waals surface area contributed by atoms with Crippen LogP contribution in [0.15, 0.2) is 24.3 Å². The minimum absolute atomic E-state index is 0.130. The summed E-state index contributed by atoms with van der Waals surface area (Å²) in [5, 5.41) is 0. The van der Waals surface area contributed by atoms with Gasteiger partial charge in [0, 0.05) is 5.41 Å². The molecule has 0 unspecified atom stereocenters. The second kappa shape index (κ2) is 4.74. The summed E-state index contributed by atoms with van der Waals surface area (Å²) >= 11 is 4.29. The fraction of sp³-hybridized carbons (Fsp3) is 0.500.